The van der Waals surface area contributed by atoms with E-state index < -0.39 is 24.1 Å². The molecule has 0 saturated heterocycles. The molecule has 94 valence electrons. The second-order valence-electron chi connectivity index (χ2n) is 3.21. The Hall–Kier alpha value is -1.31. The van der Waals surface area contributed by atoms with Gasteiger partial charge in [0.2, 0.25) is 0 Å². The minimum Gasteiger partial charge on any atom is -0.379 e. The standard InChI is InChI=1S/C9H8BrF3N2O2/c10-6-1-2-7(8(5-6)15(16)17)14-4-3-9(11,12)13/h1-2,5,14H,3-4H2. The lowest BCUT2D eigenvalue weighted by molar-refractivity contribution is -0.384. The van der Waals surface area contributed by atoms with E-state index in [0.29, 0.717) is 4.47 Å². The summed E-state index contributed by atoms with van der Waals surface area (Å²) in [5, 5.41) is 13.1. The third-order valence-corrected chi connectivity index (χ3v) is 2.37. The Morgan fingerprint density at radius 1 is 1.41 bits per heavy atom. The highest BCUT2D eigenvalue weighted by atomic mass is 79.9. The first-order chi connectivity index (χ1) is 7.79. The fourth-order valence-electron chi connectivity index (χ4n) is 1.14. The van der Waals surface area contributed by atoms with Crippen LogP contribution in [-0.2, 0) is 0 Å². The third kappa shape index (κ3) is 4.59. The Kier molecular flexibility index (Phi) is 4.33. The molecule has 8 heteroatoms. The molecule has 0 aromatic heterocycles. The quantitative estimate of drug-likeness (QED) is 0.681. The van der Waals surface area contributed by atoms with Crippen molar-refractivity contribution in [3.05, 3.63) is 32.8 Å². The van der Waals surface area contributed by atoms with Gasteiger partial charge in [0.25, 0.3) is 5.69 Å². The summed E-state index contributed by atoms with van der Waals surface area (Å²) in [5.41, 5.74) is -0.191. The van der Waals surface area contributed by atoms with E-state index in [-0.39, 0.29) is 11.4 Å². The number of alkyl halides is 3. The van der Waals surface area contributed by atoms with Gasteiger partial charge >= 0.3 is 6.18 Å². The van der Waals surface area contributed by atoms with Gasteiger partial charge < -0.3 is 5.32 Å². The Labute approximate surface area is 103 Å². The number of hydrogen-bond acceptors (Lipinski definition) is 3. The van der Waals surface area contributed by atoms with Crippen LogP contribution in [0.25, 0.3) is 0 Å². The van der Waals surface area contributed by atoms with Crippen molar-refractivity contribution < 1.29 is 18.1 Å². The van der Waals surface area contributed by atoms with Gasteiger partial charge in [0.1, 0.15) is 5.69 Å². The second-order valence-corrected chi connectivity index (χ2v) is 4.13. The third-order valence-electron chi connectivity index (χ3n) is 1.88. The van der Waals surface area contributed by atoms with Gasteiger partial charge in [-0.15, -0.1) is 0 Å². The number of hydrogen-bond donors (Lipinski definition) is 1. The van der Waals surface area contributed by atoms with Crippen molar-refractivity contribution in [1.29, 1.82) is 0 Å². The molecule has 0 fully saturated rings. The number of anilines is 1. The molecule has 1 rings (SSSR count). The van der Waals surface area contributed by atoms with Crippen molar-refractivity contribution in [2.45, 2.75) is 12.6 Å². The highest BCUT2D eigenvalue weighted by molar-refractivity contribution is 9.10. The molecule has 0 atom stereocenters. The zero-order valence-corrected chi connectivity index (χ0v) is 10.0. The van der Waals surface area contributed by atoms with E-state index >= 15 is 0 Å². The van der Waals surface area contributed by atoms with Crippen molar-refractivity contribution in [2.24, 2.45) is 0 Å². The van der Waals surface area contributed by atoms with Crippen LogP contribution in [0.15, 0.2) is 22.7 Å². The molecule has 0 saturated carbocycles. The second kappa shape index (κ2) is 5.35. The van der Waals surface area contributed by atoms with Crippen LogP contribution < -0.4 is 5.32 Å². The fraction of sp³-hybridized carbons (Fsp3) is 0.333. The molecule has 0 radical (unpaired) electrons. The van der Waals surface area contributed by atoms with Gasteiger partial charge in [-0.2, -0.15) is 13.2 Å². The van der Waals surface area contributed by atoms with Crippen molar-refractivity contribution in [3.63, 3.8) is 0 Å². The Balaban J connectivity index is 2.74. The summed E-state index contributed by atoms with van der Waals surface area (Å²) in [6.45, 7) is -0.397. The molecule has 0 heterocycles. The van der Waals surface area contributed by atoms with Crippen LogP contribution in [0.4, 0.5) is 24.5 Å². The first kappa shape index (κ1) is 13.8. The van der Waals surface area contributed by atoms with E-state index in [1.54, 1.807) is 0 Å². The SMILES string of the molecule is O=[N+]([O-])c1cc(Br)ccc1NCCC(F)(F)F. The monoisotopic (exact) mass is 312 g/mol. The van der Waals surface area contributed by atoms with Crippen molar-refractivity contribution in [2.75, 3.05) is 11.9 Å². The van der Waals surface area contributed by atoms with Crippen LogP contribution in [0.3, 0.4) is 0 Å². The smallest absolute Gasteiger partial charge is 0.379 e. The molecule has 0 unspecified atom stereocenters. The van der Waals surface area contributed by atoms with Crippen molar-refractivity contribution in [1.82, 2.24) is 0 Å². The molecule has 0 aliphatic carbocycles. The summed E-state index contributed by atoms with van der Waals surface area (Å²) in [7, 11) is 0. The molecule has 4 nitrogen and oxygen atoms in total. The van der Waals surface area contributed by atoms with E-state index in [0.717, 1.165) is 0 Å². The van der Waals surface area contributed by atoms with Crippen molar-refractivity contribution in [3.8, 4) is 0 Å². The van der Waals surface area contributed by atoms with Gasteiger partial charge in [0.05, 0.1) is 11.3 Å². The zero-order valence-electron chi connectivity index (χ0n) is 8.42. The predicted molar refractivity (Wildman–Crippen MR) is 60.0 cm³/mol. The van der Waals surface area contributed by atoms with Crippen LogP contribution in [0, 0.1) is 10.1 Å². The molecule has 0 aliphatic rings. The molecular formula is C9H8BrF3N2O2. The maximum Gasteiger partial charge on any atom is 0.390 e. The van der Waals surface area contributed by atoms with Gasteiger partial charge in [0.15, 0.2) is 0 Å². The molecule has 1 N–H and O–H groups in total. The summed E-state index contributed by atoms with van der Waals surface area (Å²) < 4.78 is 36.2. The zero-order chi connectivity index (χ0) is 13.1. The molecule has 1 aromatic rings. The summed E-state index contributed by atoms with van der Waals surface area (Å²) in [6.07, 6.45) is -5.32. The number of nitrogens with zero attached hydrogens (tertiary/aromatic N) is 1. The van der Waals surface area contributed by atoms with E-state index in [1.807, 2.05) is 0 Å². The van der Waals surface area contributed by atoms with E-state index in [4.69, 9.17) is 0 Å². The molecule has 0 amide bonds. The first-order valence-corrected chi connectivity index (χ1v) is 5.33. The molecule has 17 heavy (non-hydrogen) atoms. The van der Waals surface area contributed by atoms with Gasteiger partial charge in [-0.1, -0.05) is 15.9 Å². The summed E-state index contributed by atoms with van der Waals surface area (Å²) in [4.78, 5) is 10.0. The molecular weight excluding hydrogens is 305 g/mol. The molecule has 1 aromatic carbocycles. The summed E-state index contributed by atoms with van der Waals surface area (Å²) in [6, 6.07) is 4.11. The highest BCUT2D eigenvalue weighted by Crippen LogP contribution is 2.28. The van der Waals surface area contributed by atoms with Crippen LogP contribution in [0.5, 0.6) is 0 Å². The molecule has 0 bridgehead atoms. The summed E-state index contributed by atoms with van der Waals surface area (Å²) >= 11 is 3.05. The minimum atomic E-state index is -4.28. The van der Waals surface area contributed by atoms with Crippen LogP contribution in [-0.4, -0.2) is 17.6 Å². The number of halogens is 4. The van der Waals surface area contributed by atoms with Crippen LogP contribution >= 0.6 is 15.9 Å². The maximum atomic E-state index is 11.9. The molecule has 0 aliphatic heterocycles. The Bertz CT molecular complexity index is 423. The largest absolute Gasteiger partial charge is 0.390 e. The number of rotatable bonds is 4. The van der Waals surface area contributed by atoms with E-state index in [9.17, 15) is 23.3 Å². The van der Waals surface area contributed by atoms with Crippen LogP contribution in [0.1, 0.15) is 6.42 Å². The fourth-order valence-corrected chi connectivity index (χ4v) is 1.49. The molecule has 0 spiro atoms. The topological polar surface area (TPSA) is 55.2 Å². The first-order valence-electron chi connectivity index (χ1n) is 4.54. The minimum absolute atomic E-state index is 0.0717. The number of benzene rings is 1. The van der Waals surface area contributed by atoms with Crippen LogP contribution in [0.2, 0.25) is 0 Å². The van der Waals surface area contributed by atoms with Gasteiger partial charge in [-0.25, -0.2) is 0 Å². The average molecular weight is 313 g/mol. The predicted octanol–water partition coefficient (Wildman–Crippen LogP) is 3.72. The van der Waals surface area contributed by atoms with Gasteiger partial charge in [0, 0.05) is 17.1 Å². The normalized spacial score (nSPS) is 11.3. The summed E-state index contributed by atoms with van der Waals surface area (Å²) in [5.74, 6) is 0. The lowest BCUT2D eigenvalue weighted by Crippen LogP contribution is -2.15. The van der Waals surface area contributed by atoms with E-state index in [2.05, 4.69) is 21.2 Å². The Morgan fingerprint density at radius 2 is 2.06 bits per heavy atom. The van der Waals surface area contributed by atoms with Crippen molar-refractivity contribution >= 4 is 27.3 Å². The number of nitrogens with one attached hydrogen (secondary N) is 1. The average Bonchev–Trinajstić information content (AvgIpc) is 2.18. The number of nitro groups is 1. The number of nitro benzene ring substituents is 1. The van der Waals surface area contributed by atoms with E-state index in [1.165, 1.54) is 18.2 Å². The highest BCUT2D eigenvalue weighted by Gasteiger charge is 2.26. The Morgan fingerprint density at radius 3 is 2.59 bits per heavy atom. The van der Waals surface area contributed by atoms with Gasteiger partial charge in [-0.3, -0.25) is 10.1 Å². The van der Waals surface area contributed by atoms with Gasteiger partial charge in [-0.05, 0) is 12.1 Å². The lowest BCUT2D eigenvalue weighted by Gasteiger charge is -2.09. The maximum absolute atomic E-state index is 11.9. The lowest BCUT2D eigenvalue weighted by atomic mass is 10.2.